The van der Waals surface area contributed by atoms with Gasteiger partial charge in [-0.3, -0.25) is 20.0 Å². The fraction of sp³-hybridized carbons (Fsp3) is 0.214. The molecule has 0 spiro atoms. The van der Waals surface area contributed by atoms with E-state index < -0.39 is 4.92 Å². The van der Waals surface area contributed by atoms with Crippen LogP contribution >= 0.6 is 0 Å². The zero-order valence-electron chi connectivity index (χ0n) is 11.2. The molecule has 0 amide bonds. The van der Waals surface area contributed by atoms with Crippen LogP contribution in [0, 0.1) is 10.1 Å². The first-order chi connectivity index (χ1) is 9.58. The maximum Gasteiger partial charge on any atom is 0.292 e. The fourth-order valence-corrected chi connectivity index (χ4v) is 2.05. The van der Waals surface area contributed by atoms with E-state index in [-0.39, 0.29) is 11.4 Å². The lowest BCUT2D eigenvalue weighted by atomic mass is 10.1. The summed E-state index contributed by atoms with van der Waals surface area (Å²) in [6.07, 6.45) is 3.52. The van der Waals surface area contributed by atoms with E-state index in [1.807, 2.05) is 30.1 Å². The Kier molecular flexibility index (Phi) is 4.27. The van der Waals surface area contributed by atoms with Gasteiger partial charge in [0.25, 0.3) is 5.69 Å². The van der Waals surface area contributed by atoms with Crippen LogP contribution in [0.4, 0.5) is 11.4 Å². The molecule has 0 atom stereocenters. The minimum atomic E-state index is -0.458. The van der Waals surface area contributed by atoms with Crippen molar-refractivity contribution in [1.82, 2.24) is 9.88 Å². The van der Waals surface area contributed by atoms with Crippen LogP contribution in [0.3, 0.4) is 0 Å². The van der Waals surface area contributed by atoms with Crippen molar-refractivity contribution < 1.29 is 4.92 Å². The number of nitro groups is 1. The quantitative estimate of drug-likeness (QED) is 0.512. The van der Waals surface area contributed by atoms with Crippen molar-refractivity contribution in [3.8, 4) is 0 Å². The molecule has 1 aromatic heterocycles. The molecule has 0 aliphatic carbocycles. The molecule has 0 saturated carbocycles. The number of nitrogen functional groups attached to an aromatic ring is 1. The monoisotopic (exact) mass is 272 g/mol. The highest BCUT2D eigenvalue weighted by atomic mass is 16.6. The molecule has 6 heteroatoms. The summed E-state index contributed by atoms with van der Waals surface area (Å²) in [6, 6.07) is 8.74. The van der Waals surface area contributed by atoms with Crippen LogP contribution in [0.5, 0.6) is 0 Å². The molecule has 2 aromatic rings. The second-order valence-electron chi connectivity index (χ2n) is 4.64. The highest BCUT2D eigenvalue weighted by Gasteiger charge is 2.15. The van der Waals surface area contributed by atoms with E-state index in [1.54, 1.807) is 18.5 Å². The molecule has 0 saturated heterocycles. The Bertz CT molecular complexity index is 601. The largest absolute Gasteiger partial charge is 0.393 e. The van der Waals surface area contributed by atoms with Crippen molar-refractivity contribution in [3.63, 3.8) is 0 Å². The summed E-state index contributed by atoms with van der Waals surface area (Å²) in [4.78, 5) is 16.5. The summed E-state index contributed by atoms with van der Waals surface area (Å²) in [5, 5.41) is 10.9. The van der Waals surface area contributed by atoms with Gasteiger partial charge in [0.1, 0.15) is 5.69 Å². The molecule has 0 fully saturated rings. The number of aromatic nitrogens is 1. The maximum atomic E-state index is 10.9. The van der Waals surface area contributed by atoms with Gasteiger partial charge in [0, 0.05) is 31.5 Å². The van der Waals surface area contributed by atoms with Crippen molar-refractivity contribution in [2.75, 3.05) is 12.8 Å². The lowest BCUT2D eigenvalue weighted by molar-refractivity contribution is -0.384. The van der Waals surface area contributed by atoms with Crippen molar-refractivity contribution in [3.05, 3.63) is 64.0 Å². The van der Waals surface area contributed by atoms with Crippen molar-refractivity contribution >= 4 is 11.4 Å². The Balaban J connectivity index is 2.10. The van der Waals surface area contributed by atoms with Gasteiger partial charge in [-0.05, 0) is 24.2 Å². The van der Waals surface area contributed by atoms with Gasteiger partial charge in [-0.15, -0.1) is 0 Å². The zero-order valence-corrected chi connectivity index (χ0v) is 11.2. The molecule has 104 valence electrons. The van der Waals surface area contributed by atoms with E-state index >= 15 is 0 Å². The third kappa shape index (κ3) is 3.30. The van der Waals surface area contributed by atoms with Gasteiger partial charge in [-0.1, -0.05) is 18.2 Å². The van der Waals surface area contributed by atoms with Crippen LogP contribution in [0.25, 0.3) is 0 Å². The van der Waals surface area contributed by atoms with Gasteiger partial charge in [0.15, 0.2) is 0 Å². The summed E-state index contributed by atoms with van der Waals surface area (Å²) in [7, 11) is 1.94. The van der Waals surface area contributed by atoms with Gasteiger partial charge >= 0.3 is 0 Å². The third-order valence-electron chi connectivity index (χ3n) is 2.99. The molecular weight excluding hydrogens is 256 g/mol. The van der Waals surface area contributed by atoms with Crippen LogP contribution in [0.1, 0.15) is 11.1 Å². The molecule has 2 rings (SSSR count). The second-order valence-corrected chi connectivity index (χ2v) is 4.64. The van der Waals surface area contributed by atoms with Crippen LogP contribution in [-0.4, -0.2) is 21.9 Å². The minimum absolute atomic E-state index is 0.0442. The summed E-state index contributed by atoms with van der Waals surface area (Å²) in [6.45, 7) is 1.25. The van der Waals surface area contributed by atoms with Crippen LogP contribution in [0.2, 0.25) is 0 Å². The third-order valence-corrected chi connectivity index (χ3v) is 2.99. The lowest BCUT2D eigenvalue weighted by Gasteiger charge is -2.17. The number of nitrogens with two attached hydrogens (primary N) is 1. The number of nitro benzene ring substituents is 1. The number of pyridine rings is 1. The number of anilines is 1. The predicted octanol–water partition coefficient (Wildman–Crippen LogP) is 2.20. The Hall–Kier alpha value is -2.47. The van der Waals surface area contributed by atoms with Crippen molar-refractivity contribution in [2.24, 2.45) is 0 Å². The Morgan fingerprint density at radius 1 is 1.30 bits per heavy atom. The highest BCUT2D eigenvalue weighted by molar-refractivity contribution is 5.62. The lowest BCUT2D eigenvalue weighted by Crippen LogP contribution is -2.18. The molecule has 1 aromatic carbocycles. The Morgan fingerprint density at radius 3 is 2.75 bits per heavy atom. The number of benzene rings is 1. The smallest absolute Gasteiger partial charge is 0.292 e. The summed E-state index contributed by atoms with van der Waals surface area (Å²) < 4.78 is 0. The number of nitrogens with zero attached hydrogens (tertiary/aromatic N) is 3. The van der Waals surface area contributed by atoms with Gasteiger partial charge in [-0.2, -0.15) is 0 Å². The summed E-state index contributed by atoms with van der Waals surface area (Å²) >= 11 is 0. The van der Waals surface area contributed by atoms with E-state index in [0.717, 1.165) is 11.1 Å². The molecule has 1 heterocycles. The predicted molar refractivity (Wildman–Crippen MR) is 76.9 cm³/mol. The Morgan fingerprint density at radius 2 is 2.10 bits per heavy atom. The minimum Gasteiger partial charge on any atom is -0.393 e. The van der Waals surface area contributed by atoms with E-state index in [2.05, 4.69) is 4.98 Å². The molecule has 0 unspecified atom stereocenters. The van der Waals surface area contributed by atoms with E-state index in [9.17, 15) is 10.1 Å². The number of hydrogen-bond donors (Lipinski definition) is 1. The molecule has 0 aliphatic heterocycles. The molecule has 20 heavy (non-hydrogen) atoms. The molecular formula is C14H16N4O2. The van der Waals surface area contributed by atoms with Crippen LogP contribution in [0.15, 0.2) is 42.7 Å². The first kappa shape index (κ1) is 14.0. The topological polar surface area (TPSA) is 85.3 Å². The van der Waals surface area contributed by atoms with Crippen LogP contribution in [-0.2, 0) is 13.1 Å². The highest BCUT2D eigenvalue weighted by Crippen LogP contribution is 2.25. The van der Waals surface area contributed by atoms with Gasteiger partial charge in [0.05, 0.1) is 4.92 Å². The number of hydrogen-bond acceptors (Lipinski definition) is 5. The van der Waals surface area contributed by atoms with Gasteiger partial charge in [0.2, 0.25) is 0 Å². The molecule has 0 radical (unpaired) electrons. The molecule has 2 N–H and O–H groups in total. The van der Waals surface area contributed by atoms with E-state index in [0.29, 0.717) is 13.1 Å². The SMILES string of the molecule is CN(Cc1cccnc1)Cc1cccc([N+](=O)[O-])c1N. The number of para-hydroxylation sites is 1. The fourth-order valence-electron chi connectivity index (χ4n) is 2.05. The van der Waals surface area contributed by atoms with E-state index in [1.165, 1.54) is 6.07 Å². The van der Waals surface area contributed by atoms with Gasteiger partial charge in [-0.25, -0.2) is 0 Å². The summed E-state index contributed by atoms with van der Waals surface area (Å²) in [5.41, 5.74) is 7.87. The number of rotatable bonds is 5. The average molecular weight is 272 g/mol. The normalized spacial score (nSPS) is 10.7. The van der Waals surface area contributed by atoms with Crippen molar-refractivity contribution in [1.29, 1.82) is 0 Å². The van der Waals surface area contributed by atoms with Gasteiger partial charge < -0.3 is 5.73 Å². The second kappa shape index (κ2) is 6.12. The first-order valence-corrected chi connectivity index (χ1v) is 6.17. The zero-order chi connectivity index (χ0) is 14.5. The average Bonchev–Trinajstić information content (AvgIpc) is 2.42. The molecule has 0 bridgehead atoms. The standard InChI is InChI=1S/C14H16N4O2/c1-17(9-11-4-3-7-16-8-11)10-12-5-2-6-13(14(12)15)18(19)20/h2-8H,9-10,15H2,1H3. The van der Waals surface area contributed by atoms with Crippen LogP contribution < -0.4 is 5.73 Å². The van der Waals surface area contributed by atoms with Crippen molar-refractivity contribution in [2.45, 2.75) is 13.1 Å². The molecule has 6 nitrogen and oxygen atoms in total. The maximum absolute atomic E-state index is 10.9. The Labute approximate surface area is 117 Å². The molecule has 0 aliphatic rings. The first-order valence-electron chi connectivity index (χ1n) is 6.17. The summed E-state index contributed by atoms with van der Waals surface area (Å²) in [5.74, 6) is 0. The van der Waals surface area contributed by atoms with E-state index in [4.69, 9.17) is 5.73 Å².